The smallest absolute Gasteiger partial charge is 0.191 e. The zero-order valence-corrected chi connectivity index (χ0v) is 11.9. The van der Waals surface area contributed by atoms with Gasteiger partial charge in [0, 0.05) is 31.8 Å². The Bertz CT molecular complexity index is 430. The Labute approximate surface area is 119 Å². The maximum absolute atomic E-state index is 5.95. The van der Waals surface area contributed by atoms with Crippen LogP contribution in [0.3, 0.4) is 0 Å². The summed E-state index contributed by atoms with van der Waals surface area (Å²) in [5.74, 6) is 0.787. The second-order valence-corrected chi connectivity index (χ2v) is 5.01. The molecular weight excluding hydrogens is 262 g/mol. The number of rotatable bonds is 4. The molecule has 2 rings (SSSR count). The van der Waals surface area contributed by atoms with E-state index in [0.29, 0.717) is 12.6 Å². The van der Waals surface area contributed by atoms with Crippen molar-refractivity contribution in [3.63, 3.8) is 0 Å². The van der Waals surface area contributed by atoms with Crippen molar-refractivity contribution in [2.45, 2.75) is 25.5 Å². The molecule has 4 nitrogen and oxygen atoms in total. The van der Waals surface area contributed by atoms with E-state index in [1.165, 1.54) is 0 Å². The van der Waals surface area contributed by atoms with E-state index in [4.69, 9.17) is 16.3 Å². The van der Waals surface area contributed by atoms with Gasteiger partial charge in [0.05, 0.1) is 6.10 Å². The van der Waals surface area contributed by atoms with E-state index in [0.717, 1.165) is 42.5 Å². The van der Waals surface area contributed by atoms with Gasteiger partial charge in [-0.3, -0.25) is 4.99 Å². The molecule has 0 aromatic heterocycles. The molecule has 0 spiro atoms. The average molecular weight is 282 g/mol. The van der Waals surface area contributed by atoms with Crippen LogP contribution >= 0.6 is 11.6 Å². The summed E-state index contributed by atoms with van der Waals surface area (Å²) in [6.45, 7) is 2.38. The molecule has 1 unspecified atom stereocenters. The van der Waals surface area contributed by atoms with Crippen molar-refractivity contribution in [3.05, 3.63) is 34.9 Å². The summed E-state index contributed by atoms with van der Waals surface area (Å²) < 4.78 is 5.56. The lowest BCUT2D eigenvalue weighted by Crippen LogP contribution is -2.40. The number of hydrogen-bond acceptors (Lipinski definition) is 2. The third kappa shape index (κ3) is 4.73. The molecule has 1 aliphatic rings. The topological polar surface area (TPSA) is 45.7 Å². The zero-order chi connectivity index (χ0) is 13.5. The van der Waals surface area contributed by atoms with Gasteiger partial charge in [-0.2, -0.15) is 0 Å². The monoisotopic (exact) mass is 281 g/mol. The molecule has 0 aliphatic carbocycles. The highest BCUT2D eigenvalue weighted by molar-refractivity contribution is 6.30. The summed E-state index contributed by atoms with van der Waals surface area (Å²) in [4.78, 5) is 4.19. The molecule has 1 heterocycles. The van der Waals surface area contributed by atoms with Crippen LogP contribution in [0.4, 0.5) is 0 Å². The molecule has 19 heavy (non-hydrogen) atoms. The SMILES string of the molecule is CN=C(NCc1cccc(Cl)c1)NCC1CCCO1. The van der Waals surface area contributed by atoms with E-state index in [1.807, 2.05) is 24.3 Å². The molecule has 0 bridgehead atoms. The second kappa shape index (κ2) is 7.36. The van der Waals surface area contributed by atoms with Crippen molar-refractivity contribution in [3.8, 4) is 0 Å². The minimum absolute atomic E-state index is 0.310. The number of guanidine groups is 1. The molecule has 1 aliphatic heterocycles. The highest BCUT2D eigenvalue weighted by atomic mass is 35.5. The van der Waals surface area contributed by atoms with Crippen LogP contribution in [0.15, 0.2) is 29.3 Å². The van der Waals surface area contributed by atoms with Gasteiger partial charge in [0.2, 0.25) is 0 Å². The van der Waals surface area contributed by atoms with Crippen molar-refractivity contribution in [1.82, 2.24) is 10.6 Å². The predicted molar refractivity (Wildman–Crippen MR) is 78.6 cm³/mol. The predicted octanol–water partition coefficient (Wildman–Crippen LogP) is 2.18. The Morgan fingerprint density at radius 2 is 2.37 bits per heavy atom. The lowest BCUT2D eigenvalue weighted by Gasteiger charge is -2.15. The van der Waals surface area contributed by atoms with Gasteiger partial charge in [0.1, 0.15) is 0 Å². The van der Waals surface area contributed by atoms with Gasteiger partial charge in [-0.15, -0.1) is 0 Å². The maximum Gasteiger partial charge on any atom is 0.191 e. The molecule has 1 saturated heterocycles. The van der Waals surface area contributed by atoms with E-state index in [9.17, 15) is 0 Å². The molecule has 0 amide bonds. The minimum Gasteiger partial charge on any atom is -0.376 e. The molecule has 1 atom stereocenters. The number of hydrogen-bond donors (Lipinski definition) is 2. The van der Waals surface area contributed by atoms with Gasteiger partial charge in [-0.25, -0.2) is 0 Å². The van der Waals surface area contributed by atoms with Crippen LogP contribution in [0.2, 0.25) is 5.02 Å². The number of aliphatic imine (C=N–C) groups is 1. The van der Waals surface area contributed by atoms with Gasteiger partial charge < -0.3 is 15.4 Å². The standard InChI is InChI=1S/C14H20ClN3O/c1-16-14(18-10-13-6-3-7-19-13)17-9-11-4-2-5-12(15)8-11/h2,4-5,8,13H,3,6-7,9-10H2,1H3,(H2,16,17,18). The molecule has 1 aromatic rings. The molecule has 2 N–H and O–H groups in total. The number of benzene rings is 1. The van der Waals surface area contributed by atoms with Crippen LogP contribution in [-0.2, 0) is 11.3 Å². The largest absolute Gasteiger partial charge is 0.376 e. The Morgan fingerprint density at radius 3 is 3.05 bits per heavy atom. The van der Waals surface area contributed by atoms with Gasteiger partial charge in [0.15, 0.2) is 5.96 Å². The third-order valence-electron chi connectivity index (χ3n) is 3.09. The Hall–Kier alpha value is -1.26. The maximum atomic E-state index is 5.95. The van der Waals surface area contributed by atoms with E-state index < -0.39 is 0 Å². The van der Waals surface area contributed by atoms with E-state index in [1.54, 1.807) is 7.05 Å². The lowest BCUT2D eigenvalue weighted by atomic mass is 10.2. The first-order chi connectivity index (χ1) is 9.28. The highest BCUT2D eigenvalue weighted by Crippen LogP contribution is 2.11. The number of nitrogens with one attached hydrogen (secondary N) is 2. The minimum atomic E-state index is 0.310. The average Bonchev–Trinajstić information content (AvgIpc) is 2.92. The Morgan fingerprint density at radius 1 is 1.47 bits per heavy atom. The number of nitrogens with zero attached hydrogens (tertiary/aromatic N) is 1. The molecule has 0 radical (unpaired) electrons. The van der Waals surface area contributed by atoms with Crippen LogP contribution in [0.25, 0.3) is 0 Å². The first-order valence-corrected chi connectivity index (χ1v) is 6.96. The summed E-state index contributed by atoms with van der Waals surface area (Å²) >= 11 is 5.95. The number of halogens is 1. The van der Waals surface area contributed by atoms with Crippen molar-refractivity contribution in [1.29, 1.82) is 0 Å². The normalized spacial score (nSPS) is 19.5. The van der Waals surface area contributed by atoms with Gasteiger partial charge >= 0.3 is 0 Å². The van der Waals surface area contributed by atoms with Crippen molar-refractivity contribution in [2.75, 3.05) is 20.2 Å². The Kier molecular flexibility index (Phi) is 5.48. The van der Waals surface area contributed by atoms with Gasteiger partial charge in [-0.05, 0) is 30.5 Å². The second-order valence-electron chi connectivity index (χ2n) is 4.57. The van der Waals surface area contributed by atoms with Gasteiger partial charge in [-0.1, -0.05) is 23.7 Å². The van der Waals surface area contributed by atoms with Crippen LogP contribution in [0, 0.1) is 0 Å². The molecule has 5 heteroatoms. The van der Waals surface area contributed by atoms with Crippen LogP contribution < -0.4 is 10.6 Å². The molecule has 0 saturated carbocycles. The molecular formula is C14H20ClN3O. The van der Waals surface area contributed by atoms with Crippen molar-refractivity contribution in [2.24, 2.45) is 4.99 Å². The number of ether oxygens (including phenoxy) is 1. The first-order valence-electron chi connectivity index (χ1n) is 6.58. The fourth-order valence-corrected chi connectivity index (χ4v) is 2.28. The quantitative estimate of drug-likeness (QED) is 0.657. The first kappa shape index (κ1) is 14.2. The highest BCUT2D eigenvalue weighted by Gasteiger charge is 2.15. The van der Waals surface area contributed by atoms with Crippen molar-refractivity contribution < 1.29 is 4.74 Å². The molecule has 1 aromatic carbocycles. The van der Waals surface area contributed by atoms with Crippen LogP contribution in [0.5, 0.6) is 0 Å². The lowest BCUT2D eigenvalue weighted by molar-refractivity contribution is 0.114. The molecule has 104 valence electrons. The fourth-order valence-electron chi connectivity index (χ4n) is 2.07. The van der Waals surface area contributed by atoms with E-state index >= 15 is 0 Å². The summed E-state index contributed by atoms with van der Waals surface area (Å²) in [5, 5.41) is 7.29. The zero-order valence-electron chi connectivity index (χ0n) is 11.2. The van der Waals surface area contributed by atoms with Crippen LogP contribution in [0.1, 0.15) is 18.4 Å². The van der Waals surface area contributed by atoms with Crippen molar-refractivity contribution >= 4 is 17.6 Å². The third-order valence-corrected chi connectivity index (χ3v) is 3.33. The Balaban J connectivity index is 1.76. The summed E-state index contributed by atoms with van der Waals surface area (Å²) in [6, 6.07) is 7.80. The fraction of sp³-hybridized carbons (Fsp3) is 0.500. The molecule has 1 fully saturated rings. The van der Waals surface area contributed by atoms with Crippen LogP contribution in [-0.4, -0.2) is 32.3 Å². The van der Waals surface area contributed by atoms with Gasteiger partial charge in [0.25, 0.3) is 0 Å². The van der Waals surface area contributed by atoms with E-state index in [-0.39, 0.29) is 0 Å². The summed E-state index contributed by atoms with van der Waals surface area (Å²) in [6.07, 6.45) is 2.59. The summed E-state index contributed by atoms with van der Waals surface area (Å²) in [7, 11) is 1.77. The van der Waals surface area contributed by atoms with E-state index in [2.05, 4.69) is 15.6 Å². The summed E-state index contributed by atoms with van der Waals surface area (Å²) in [5.41, 5.74) is 1.13.